The zero-order chi connectivity index (χ0) is 29.3. The summed E-state index contributed by atoms with van der Waals surface area (Å²) in [6.07, 6.45) is 10.9. The molecule has 6 nitrogen and oxygen atoms in total. The average molecular weight is 546 g/mol. The normalized spacial score (nSPS) is 19.2. The predicted octanol–water partition coefficient (Wildman–Crippen LogP) is 7.15. The molecule has 2 N–H and O–H groups in total. The molecule has 1 aliphatic heterocycles. The number of carbonyl (C=O) groups excluding carboxylic acids is 2. The third kappa shape index (κ3) is 9.51. The molecule has 1 aromatic carbocycles. The first-order valence-corrected chi connectivity index (χ1v) is 15.2. The molecule has 0 saturated carbocycles. The number of hydrogen-bond acceptors (Lipinski definition) is 5. The maximum Gasteiger partial charge on any atom is 0.334 e. The van der Waals surface area contributed by atoms with Crippen LogP contribution < -0.4 is 14.8 Å². The van der Waals surface area contributed by atoms with Crippen LogP contribution in [0.25, 0.3) is 0 Å². The number of esters is 1. The Morgan fingerprint density at radius 1 is 1.00 bits per heavy atom. The van der Waals surface area contributed by atoms with E-state index < -0.39 is 24.5 Å². The van der Waals surface area contributed by atoms with Crippen LogP contribution in [-0.2, 0) is 16.0 Å². The molecule has 222 valence electrons. The Labute approximate surface area is 237 Å². The summed E-state index contributed by atoms with van der Waals surface area (Å²) >= 11 is 0. The summed E-state index contributed by atoms with van der Waals surface area (Å²) in [6.45, 7) is 18.5. The molecule has 2 rings (SSSR count). The van der Waals surface area contributed by atoms with Crippen molar-refractivity contribution in [1.82, 2.24) is 5.32 Å². The van der Waals surface area contributed by atoms with Crippen LogP contribution in [0.3, 0.4) is 0 Å². The van der Waals surface area contributed by atoms with Crippen molar-refractivity contribution < 1.29 is 24.2 Å². The summed E-state index contributed by atoms with van der Waals surface area (Å²) < 4.78 is 12.7. The second-order valence-electron chi connectivity index (χ2n) is 12.8. The van der Waals surface area contributed by atoms with E-state index in [-0.39, 0.29) is 11.5 Å². The van der Waals surface area contributed by atoms with Crippen LogP contribution in [0.4, 0.5) is 0 Å². The van der Waals surface area contributed by atoms with Gasteiger partial charge in [0.15, 0.2) is 0 Å². The lowest BCUT2D eigenvalue weighted by atomic mass is 9.83. The molecule has 4 atom stereocenters. The molecular weight excluding hydrogens is 490 g/mol. The standard InChI is InChI=1S/C33H55NO5/c1-10-22(4)13-11-14-23(5)15-12-17-33(9)18-16-27-26(8)30(24(6)25(7)31(27)39-33)38-32(37)28(19-21(2)3)34-29(36)20-35/h21-23,28,35H,10-20H2,1-9H3,(H,34,36). The van der Waals surface area contributed by atoms with Crippen molar-refractivity contribution >= 4 is 11.9 Å². The lowest BCUT2D eigenvalue weighted by molar-refractivity contribution is -0.140. The summed E-state index contributed by atoms with van der Waals surface area (Å²) in [5.41, 5.74) is 3.73. The van der Waals surface area contributed by atoms with Crippen molar-refractivity contribution in [3.8, 4) is 11.5 Å². The van der Waals surface area contributed by atoms with Gasteiger partial charge in [0.25, 0.3) is 0 Å². The summed E-state index contributed by atoms with van der Waals surface area (Å²) in [6, 6.07) is -0.809. The van der Waals surface area contributed by atoms with Crippen LogP contribution >= 0.6 is 0 Å². The monoisotopic (exact) mass is 545 g/mol. The third-order valence-corrected chi connectivity index (χ3v) is 8.73. The van der Waals surface area contributed by atoms with E-state index in [0.717, 1.165) is 59.1 Å². The minimum atomic E-state index is -0.809. The number of hydrogen-bond donors (Lipinski definition) is 2. The van der Waals surface area contributed by atoms with Gasteiger partial charge in [-0.3, -0.25) is 4.79 Å². The smallest absolute Gasteiger partial charge is 0.334 e. The van der Waals surface area contributed by atoms with Gasteiger partial charge in [0.05, 0.1) is 0 Å². The second kappa shape index (κ2) is 15.1. The molecule has 1 amide bonds. The number of rotatable bonds is 15. The van der Waals surface area contributed by atoms with E-state index in [0.29, 0.717) is 12.2 Å². The molecular formula is C33H55NO5. The molecule has 39 heavy (non-hydrogen) atoms. The van der Waals surface area contributed by atoms with Crippen LogP contribution in [-0.4, -0.2) is 35.2 Å². The number of ether oxygens (including phenoxy) is 2. The Bertz CT molecular complexity index is 972. The van der Waals surface area contributed by atoms with Crippen LogP contribution in [0.15, 0.2) is 0 Å². The Morgan fingerprint density at radius 3 is 2.26 bits per heavy atom. The molecule has 0 aliphatic carbocycles. The van der Waals surface area contributed by atoms with E-state index in [1.165, 1.54) is 38.5 Å². The van der Waals surface area contributed by atoms with Gasteiger partial charge in [-0.25, -0.2) is 4.79 Å². The van der Waals surface area contributed by atoms with E-state index in [9.17, 15) is 9.59 Å². The van der Waals surface area contributed by atoms with E-state index in [1.807, 2.05) is 34.6 Å². The molecule has 1 aliphatic rings. The van der Waals surface area contributed by atoms with Gasteiger partial charge in [-0.15, -0.1) is 0 Å². The summed E-state index contributed by atoms with van der Waals surface area (Å²) in [7, 11) is 0. The second-order valence-corrected chi connectivity index (χ2v) is 12.8. The lowest BCUT2D eigenvalue weighted by Gasteiger charge is -2.38. The highest BCUT2D eigenvalue weighted by Crippen LogP contribution is 2.45. The van der Waals surface area contributed by atoms with Gasteiger partial charge in [0.2, 0.25) is 5.91 Å². The predicted molar refractivity (Wildman–Crippen MR) is 158 cm³/mol. The molecule has 1 heterocycles. The molecule has 0 bridgehead atoms. The molecule has 1 aromatic rings. The van der Waals surface area contributed by atoms with Gasteiger partial charge in [-0.05, 0) is 94.2 Å². The first kappa shape index (κ1) is 33.1. The number of benzene rings is 1. The molecule has 4 unspecified atom stereocenters. The highest BCUT2D eigenvalue weighted by Gasteiger charge is 2.35. The maximum atomic E-state index is 13.1. The molecule has 0 radical (unpaired) electrons. The van der Waals surface area contributed by atoms with Crippen LogP contribution in [0, 0.1) is 38.5 Å². The van der Waals surface area contributed by atoms with Crippen molar-refractivity contribution in [3.63, 3.8) is 0 Å². The highest BCUT2D eigenvalue weighted by atomic mass is 16.5. The zero-order valence-electron chi connectivity index (χ0n) is 26.2. The Kier molecular flexibility index (Phi) is 12.8. The number of carbonyl (C=O) groups is 2. The van der Waals surface area contributed by atoms with E-state index in [4.69, 9.17) is 14.6 Å². The highest BCUT2D eigenvalue weighted by molar-refractivity contribution is 5.86. The number of nitrogens with one attached hydrogen (secondary N) is 1. The topological polar surface area (TPSA) is 84.9 Å². The Balaban J connectivity index is 2.10. The Morgan fingerprint density at radius 2 is 1.64 bits per heavy atom. The van der Waals surface area contributed by atoms with Crippen molar-refractivity contribution in [1.29, 1.82) is 0 Å². The van der Waals surface area contributed by atoms with Crippen molar-refractivity contribution in [2.45, 2.75) is 138 Å². The van der Waals surface area contributed by atoms with Crippen LogP contribution in [0.5, 0.6) is 11.5 Å². The van der Waals surface area contributed by atoms with Gasteiger partial charge in [-0.1, -0.05) is 66.7 Å². The van der Waals surface area contributed by atoms with Crippen LogP contribution in [0.1, 0.15) is 122 Å². The maximum absolute atomic E-state index is 13.1. The summed E-state index contributed by atoms with van der Waals surface area (Å²) in [5, 5.41) is 11.8. The zero-order valence-corrected chi connectivity index (χ0v) is 26.2. The lowest BCUT2D eigenvalue weighted by Crippen LogP contribution is -2.45. The summed E-state index contributed by atoms with van der Waals surface area (Å²) in [4.78, 5) is 24.9. The van der Waals surface area contributed by atoms with Crippen LogP contribution in [0.2, 0.25) is 0 Å². The molecule has 0 aromatic heterocycles. The van der Waals surface area contributed by atoms with E-state index in [1.54, 1.807) is 0 Å². The average Bonchev–Trinajstić information content (AvgIpc) is 2.88. The molecule has 0 fully saturated rings. The fraction of sp³-hybridized carbons (Fsp3) is 0.758. The number of aliphatic hydroxyl groups is 1. The van der Waals surface area contributed by atoms with Gasteiger partial charge in [0, 0.05) is 5.56 Å². The third-order valence-electron chi connectivity index (χ3n) is 8.73. The number of amides is 1. The first-order chi connectivity index (χ1) is 18.3. The van der Waals surface area contributed by atoms with Gasteiger partial charge >= 0.3 is 5.97 Å². The van der Waals surface area contributed by atoms with Crippen molar-refractivity contribution in [3.05, 3.63) is 22.3 Å². The Hall–Kier alpha value is -2.08. The minimum Gasteiger partial charge on any atom is -0.487 e. The number of aliphatic hydroxyl groups excluding tert-OH is 1. The fourth-order valence-electron chi connectivity index (χ4n) is 5.70. The molecule has 0 spiro atoms. The van der Waals surface area contributed by atoms with Crippen molar-refractivity contribution in [2.24, 2.45) is 17.8 Å². The van der Waals surface area contributed by atoms with Gasteiger partial charge in [-0.2, -0.15) is 0 Å². The summed E-state index contributed by atoms with van der Waals surface area (Å²) in [5.74, 6) is 2.16. The van der Waals surface area contributed by atoms with E-state index >= 15 is 0 Å². The molecule has 0 saturated heterocycles. The van der Waals surface area contributed by atoms with E-state index in [2.05, 4.69) is 33.0 Å². The fourth-order valence-corrected chi connectivity index (χ4v) is 5.70. The first-order valence-electron chi connectivity index (χ1n) is 15.2. The quantitative estimate of drug-likeness (QED) is 0.181. The van der Waals surface area contributed by atoms with Gasteiger partial charge < -0.3 is 19.9 Å². The van der Waals surface area contributed by atoms with Gasteiger partial charge in [0.1, 0.15) is 29.7 Å². The van der Waals surface area contributed by atoms with Crippen molar-refractivity contribution in [2.75, 3.05) is 6.61 Å². The largest absolute Gasteiger partial charge is 0.487 e. The molecule has 6 heteroatoms. The number of fused-ring (bicyclic) bond motifs is 1. The minimum absolute atomic E-state index is 0.174. The SMILES string of the molecule is CCC(C)CCCC(C)CCCC1(C)CCc2c(C)c(OC(=O)C(CC(C)C)NC(=O)CO)c(C)c(C)c2O1.